The topological polar surface area (TPSA) is 64.4 Å². The maximum Gasteiger partial charge on any atom is 0.227 e. The molecule has 0 radical (unpaired) electrons. The van der Waals surface area contributed by atoms with E-state index in [1.165, 1.54) is 0 Å². The zero-order chi connectivity index (χ0) is 15.8. The van der Waals surface area contributed by atoms with Crippen molar-refractivity contribution in [1.29, 1.82) is 0 Å². The lowest BCUT2D eigenvalue weighted by Gasteiger charge is -2.02. The molecule has 1 heterocycles. The molecule has 4 rings (SSSR count). The summed E-state index contributed by atoms with van der Waals surface area (Å²) in [5.41, 5.74) is 3.04. The van der Waals surface area contributed by atoms with Crippen LogP contribution in [0.25, 0.3) is 22.6 Å². The van der Waals surface area contributed by atoms with E-state index in [9.17, 15) is 4.79 Å². The summed E-state index contributed by atoms with van der Waals surface area (Å²) in [6.45, 7) is 0. The molecule has 1 saturated carbocycles. The summed E-state index contributed by atoms with van der Waals surface area (Å²) in [5, 5.41) is 2.92. The number of nitrogens with zero attached hydrogens (tertiary/aromatic N) is 1. The third-order valence-electron chi connectivity index (χ3n) is 3.94. The lowest BCUT2D eigenvalue weighted by Crippen LogP contribution is -2.12. The number of carbonyl (C=O) groups is 1. The highest BCUT2D eigenvalue weighted by Gasteiger charge is 2.29. The highest BCUT2D eigenvalue weighted by Crippen LogP contribution is 2.31. The number of rotatable bonds is 4. The first-order valence-corrected chi connectivity index (χ1v) is 7.59. The summed E-state index contributed by atoms with van der Waals surface area (Å²) in [7, 11) is 1.63. The van der Waals surface area contributed by atoms with Gasteiger partial charge in [-0.05, 0) is 49.2 Å². The zero-order valence-electron chi connectivity index (χ0n) is 12.7. The molecule has 1 aliphatic carbocycles. The number of carbonyl (C=O) groups excluding carboxylic acids is 1. The van der Waals surface area contributed by atoms with Gasteiger partial charge in [-0.2, -0.15) is 0 Å². The zero-order valence-corrected chi connectivity index (χ0v) is 12.7. The van der Waals surface area contributed by atoms with Crippen molar-refractivity contribution in [2.45, 2.75) is 12.8 Å². The van der Waals surface area contributed by atoms with Crippen LogP contribution in [0.4, 0.5) is 5.69 Å². The Bertz CT molecular complexity index is 864. The fourth-order valence-electron chi connectivity index (χ4n) is 2.45. The summed E-state index contributed by atoms with van der Waals surface area (Å²) in [6.07, 6.45) is 1.97. The average Bonchev–Trinajstić information content (AvgIpc) is 3.35. The Balaban J connectivity index is 1.62. The summed E-state index contributed by atoms with van der Waals surface area (Å²) in [4.78, 5) is 16.3. The minimum absolute atomic E-state index is 0.0826. The number of hydrogen-bond acceptors (Lipinski definition) is 4. The molecule has 3 aromatic rings. The van der Waals surface area contributed by atoms with E-state index in [4.69, 9.17) is 9.15 Å². The number of anilines is 1. The molecule has 1 fully saturated rings. The van der Waals surface area contributed by atoms with E-state index >= 15 is 0 Å². The van der Waals surface area contributed by atoms with E-state index in [-0.39, 0.29) is 11.8 Å². The van der Waals surface area contributed by atoms with Crippen LogP contribution in [-0.2, 0) is 4.79 Å². The standard InChI is InChI=1S/C18H16N2O3/c1-22-14-7-4-12(5-8-14)18-20-15-9-6-13(10-16(15)23-18)19-17(21)11-2-3-11/h4-11H,2-3H2,1H3,(H,19,21). The van der Waals surface area contributed by atoms with E-state index in [1.807, 2.05) is 42.5 Å². The Morgan fingerprint density at radius 2 is 2.00 bits per heavy atom. The first-order valence-electron chi connectivity index (χ1n) is 7.59. The molecule has 5 nitrogen and oxygen atoms in total. The Hall–Kier alpha value is -2.82. The molecule has 116 valence electrons. The summed E-state index contributed by atoms with van der Waals surface area (Å²) in [6, 6.07) is 13.1. The van der Waals surface area contributed by atoms with Crippen molar-refractivity contribution in [2.75, 3.05) is 12.4 Å². The molecule has 2 aromatic carbocycles. The Morgan fingerprint density at radius 1 is 1.22 bits per heavy atom. The highest BCUT2D eigenvalue weighted by atomic mass is 16.5. The number of ether oxygens (including phenoxy) is 1. The van der Waals surface area contributed by atoms with Crippen LogP contribution in [0.3, 0.4) is 0 Å². The van der Waals surface area contributed by atoms with Gasteiger partial charge in [0.2, 0.25) is 11.8 Å². The monoisotopic (exact) mass is 308 g/mol. The fraction of sp³-hybridized carbons (Fsp3) is 0.222. The van der Waals surface area contributed by atoms with Crippen molar-refractivity contribution in [2.24, 2.45) is 5.92 Å². The van der Waals surface area contributed by atoms with Gasteiger partial charge in [0.1, 0.15) is 11.3 Å². The second-order valence-corrected chi connectivity index (χ2v) is 5.69. The molecule has 0 spiro atoms. The summed E-state index contributed by atoms with van der Waals surface area (Å²) >= 11 is 0. The molecule has 0 unspecified atom stereocenters. The van der Waals surface area contributed by atoms with Crippen molar-refractivity contribution in [3.05, 3.63) is 42.5 Å². The van der Waals surface area contributed by atoms with Gasteiger partial charge in [0.25, 0.3) is 0 Å². The fourth-order valence-corrected chi connectivity index (χ4v) is 2.45. The lowest BCUT2D eigenvalue weighted by molar-refractivity contribution is -0.117. The number of oxazole rings is 1. The van der Waals surface area contributed by atoms with Gasteiger partial charge < -0.3 is 14.5 Å². The van der Waals surface area contributed by atoms with Gasteiger partial charge in [-0.3, -0.25) is 4.79 Å². The number of hydrogen-bond donors (Lipinski definition) is 1. The van der Waals surface area contributed by atoms with E-state index in [2.05, 4.69) is 10.3 Å². The molecule has 1 amide bonds. The third kappa shape index (κ3) is 2.77. The molecule has 23 heavy (non-hydrogen) atoms. The lowest BCUT2D eigenvalue weighted by atomic mass is 10.2. The molecule has 1 aromatic heterocycles. The van der Waals surface area contributed by atoms with Crippen LogP contribution in [0.1, 0.15) is 12.8 Å². The van der Waals surface area contributed by atoms with Gasteiger partial charge >= 0.3 is 0 Å². The number of fused-ring (bicyclic) bond motifs is 1. The predicted molar refractivity (Wildman–Crippen MR) is 87.4 cm³/mol. The van der Waals surface area contributed by atoms with Crippen LogP contribution in [0.2, 0.25) is 0 Å². The maximum atomic E-state index is 11.8. The molecule has 5 heteroatoms. The van der Waals surface area contributed by atoms with Crippen LogP contribution in [0.5, 0.6) is 5.75 Å². The number of amides is 1. The van der Waals surface area contributed by atoms with Crippen molar-refractivity contribution in [1.82, 2.24) is 4.98 Å². The van der Waals surface area contributed by atoms with Gasteiger partial charge in [0.15, 0.2) is 5.58 Å². The summed E-state index contributed by atoms with van der Waals surface area (Å²) in [5.74, 6) is 1.60. The molecular weight excluding hydrogens is 292 g/mol. The third-order valence-corrected chi connectivity index (χ3v) is 3.94. The molecule has 1 aliphatic rings. The van der Waals surface area contributed by atoms with E-state index in [1.54, 1.807) is 7.11 Å². The van der Waals surface area contributed by atoms with Gasteiger partial charge in [-0.15, -0.1) is 0 Å². The minimum atomic E-state index is 0.0826. The quantitative estimate of drug-likeness (QED) is 0.795. The van der Waals surface area contributed by atoms with Crippen LogP contribution in [0, 0.1) is 5.92 Å². The van der Waals surface area contributed by atoms with Crippen LogP contribution in [-0.4, -0.2) is 18.0 Å². The second kappa shape index (κ2) is 5.43. The largest absolute Gasteiger partial charge is 0.497 e. The smallest absolute Gasteiger partial charge is 0.227 e. The molecule has 0 atom stereocenters. The Kier molecular flexibility index (Phi) is 3.26. The van der Waals surface area contributed by atoms with Gasteiger partial charge in [0.05, 0.1) is 7.11 Å². The second-order valence-electron chi connectivity index (χ2n) is 5.69. The Labute approximate surface area is 133 Å². The van der Waals surface area contributed by atoms with Gasteiger partial charge in [-0.25, -0.2) is 4.98 Å². The Morgan fingerprint density at radius 3 is 2.70 bits per heavy atom. The maximum absolute atomic E-state index is 11.8. The normalized spacial score (nSPS) is 14.0. The van der Waals surface area contributed by atoms with Gasteiger partial charge in [-0.1, -0.05) is 0 Å². The summed E-state index contributed by atoms with van der Waals surface area (Å²) < 4.78 is 11.0. The molecule has 0 saturated heterocycles. The van der Waals surface area contributed by atoms with Crippen LogP contribution in [0.15, 0.2) is 46.9 Å². The van der Waals surface area contributed by atoms with Crippen molar-refractivity contribution >= 4 is 22.7 Å². The van der Waals surface area contributed by atoms with Crippen molar-refractivity contribution < 1.29 is 13.9 Å². The van der Waals surface area contributed by atoms with E-state index in [0.717, 1.165) is 35.4 Å². The van der Waals surface area contributed by atoms with Crippen LogP contribution < -0.4 is 10.1 Å². The average molecular weight is 308 g/mol. The number of benzene rings is 2. The first kappa shape index (κ1) is 13.8. The molecule has 1 N–H and O–H groups in total. The minimum Gasteiger partial charge on any atom is -0.497 e. The van der Waals surface area contributed by atoms with Crippen molar-refractivity contribution in [3.8, 4) is 17.2 Å². The van der Waals surface area contributed by atoms with Crippen LogP contribution >= 0.6 is 0 Å². The first-order chi connectivity index (χ1) is 11.2. The molecule has 0 aliphatic heterocycles. The number of nitrogens with one attached hydrogen (secondary N) is 1. The van der Waals surface area contributed by atoms with E-state index < -0.39 is 0 Å². The molecule has 0 bridgehead atoms. The molecular formula is C18H16N2O3. The SMILES string of the molecule is COc1ccc(-c2nc3ccc(NC(=O)C4CC4)cc3o2)cc1. The highest BCUT2D eigenvalue weighted by molar-refractivity contribution is 5.95. The number of methoxy groups -OCH3 is 1. The predicted octanol–water partition coefficient (Wildman–Crippen LogP) is 3.85. The van der Waals surface area contributed by atoms with Crippen molar-refractivity contribution in [3.63, 3.8) is 0 Å². The number of aromatic nitrogens is 1. The van der Waals surface area contributed by atoms with E-state index in [0.29, 0.717) is 11.5 Å². The van der Waals surface area contributed by atoms with Gasteiger partial charge in [0, 0.05) is 23.2 Å².